The van der Waals surface area contributed by atoms with Gasteiger partial charge < -0.3 is 15.2 Å². The summed E-state index contributed by atoms with van der Waals surface area (Å²) in [6.45, 7) is 5.55. The first-order valence-corrected chi connectivity index (χ1v) is 9.72. The number of benzene rings is 1. The molecule has 0 saturated carbocycles. The van der Waals surface area contributed by atoms with Crippen molar-refractivity contribution in [2.45, 2.75) is 45.7 Å². The molecule has 0 saturated heterocycles. The maximum atomic E-state index is 5.46. The second-order valence-electron chi connectivity index (χ2n) is 6.63. The number of hydrogen-bond donors (Lipinski definition) is 2. The van der Waals surface area contributed by atoms with Gasteiger partial charge in [-0.2, -0.15) is 5.10 Å². The number of hydrogen-bond acceptors (Lipinski definition) is 4. The molecule has 7 heteroatoms. The lowest BCUT2D eigenvalue weighted by atomic mass is 9.99. The zero-order valence-electron chi connectivity index (χ0n) is 16.7. The Bertz CT molecular complexity index is 880. The van der Waals surface area contributed by atoms with Crippen LogP contribution in [-0.4, -0.2) is 27.9 Å². The summed E-state index contributed by atoms with van der Waals surface area (Å²) in [5, 5.41) is 15.1. The summed E-state index contributed by atoms with van der Waals surface area (Å²) in [7, 11) is 1.76. The van der Waals surface area contributed by atoms with Crippen LogP contribution in [0.15, 0.2) is 58.3 Å². The summed E-state index contributed by atoms with van der Waals surface area (Å²) in [6.07, 6.45) is 5.84. The summed E-state index contributed by atoms with van der Waals surface area (Å²) in [6, 6.07) is 12.2. The highest BCUT2D eigenvalue weighted by Gasteiger charge is 2.13. The first kappa shape index (κ1) is 19.7. The van der Waals surface area contributed by atoms with Gasteiger partial charge in [-0.05, 0) is 36.6 Å². The minimum absolute atomic E-state index is 0.456. The molecule has 0 unspecified atom stereocenters. The van der Waals surface area contributed by atoms with Crippen molar-refractivity contribution in [3.63, 3.8) is 0 Å². The van der Waals surface area contributed by atoms with Crippen LogP contribution in [0.4, 0.5) is 0 Å². The first-order chi connectivity index (χ1) is 13.7. The van der Waals surface area contributed by atoms with Gasteiger partial charge in [0.25, 0.3) is 0 Å². The molecule has 3 rings (SSSR count). The third kappa shape index (κ3) is 5.00. The molecule has 1 aromatic carbocycles. The molecule has 0 bridgehead atoms. The summed E-state index contributed by atoms with van der Waals surface area (Å²) < 4.78 is 7.30. The Kier molecular flexibility index (Phi) is 6.84. The number of aromatic nitrogens is 3. The van der Waals surface area contributed by atoms with Crippen LogP contribution in [0.1, 0.15) is 49.6 Å². The molecule has 0 aliphatic carbocycles. The van der Waals surface area contributed by atoms with E-state index in [9.17, 15) is 0 Å². The minimum Gasteiger partial charge on any atom is -0.359 e. The summed E-state index contributed by atoms with van der Waals surface area (Å²) >= 11 is 0. The van der Waals surface area contributed by atoms with Crippen LogP contribution < -0.4 is 10.6 Å². The van der Waals surface area contributed by atoms with E-state index in [0.29, 0.717) is 25.0 Å². The van der Waals surface area contributed by atoms with Gasteiger partial charge in [-0.3, -0.25) is 4.99 Å². The number of guanidine groups is 1. The van der Waals surface area contributed by atoms with E-state index in [4.69, 9.17) is 4.52 Å². The van der Waals surface area contributed by atoms with Crippen LogP contribution >= 0.6 is 0 Å². The predicted octanol–water partition coefficient (Wildman–Crippen LogP) is 3.63. The van der Waals surface area contributed by atoms with Gasteiger partial charge in [0.1, 0.15) is 0 Å². The molecule has 0 atom stereocenters. The van der Waals surface area contributed by atoms with E-state index >= 15 is 0 Å². The average Bonchev–Trinajstić information content (AvgIpc) is 3.42. The Morgan fingerprint density at radius 3 is 2.68 bits per heavy atom. The van der Waals surface area contributed by atoms with Crippen LogP contribution in [0, 0.1) is 0 Å². The van der Waals surface area contributed by atoms with Crippen molar-refractivity contribution in [3.8, 4) is 5.69 Å². The molecule has 0 amide bonds. The lowest BCUT2D eigenvalue weighted by Crippen LogP contribution is -2.36. The highest BCUT2D eigenvalue weighted by Crippen LogP contribution is 2.22. The average molecular weight is 380 g/mol. The van der Waals surface area contributed by atoms with Crippen molar-refractivity contribution in [1.29, 1.82) is 0 Å². The Balaban J connectivity index is 1.53. The highest BCUT2D eigenvalue weighted by atomic mass is 16.5. The highest BCUT2D eigenvalue weighted by molar-refractivity contribution is 5.79. The quantitative estimate of drug-likeness (QED) is 0.461. The van der Waals surface area contributed by atoms with Crippen LogP contribution in [0.3, 0.4) is 0 Å². The van der Waals surface area contributed by atoms with Gasteiger partial charge >= 0.3 is 0 Å². The fraction of sp³-hybridized carbons (Fsp3) is 0.381. The van der Waals surface area contributed by atoms with E-state index in [1.165, 1.54) is 0 Å². The SMILES string of the molecule is CCC(CC)c1cc(CNC(=NC)NCc2cccc(-n3cccn3)c2)on1. The molecule has 2 aromatic heterocycles. The van der Waals surface area contributed by atoms with Gasteiger partial charge in [-0.1, -0.05) is 31.1 Å². The number of rotatable bonds is 8. The third-order valence-electron chi connectivity index (χ3n) is 4.77. The minimum atomic E-state index is 0.456. The van der Waals surface area contributed by atoms with Crippen molar-refractivity contribution in [1.82, 2.24) is 25.6 Å². The standard InChI is InChI=1S/C21H28N6O/c1-4-17(5-2)20-13-19(28-26-20)15-24-21(22-3)23-14-16-8-6-9-18(12-16)27-11-7-10-25-27/h6-13,17H,4-5,14-15H2,1-3H3,(H2,22,23,24). The smallest absolute Gasteiger partial charge is 0.191 e. The second-order valence-corrected chi connectivity index (χ2v) is 6.63. The molecule has 0 aliphatic rings. The summed E-state index contributed by atoms with van der Waals surface area (Å²) in [5.74, 6) is 1.98. The third-order valence-corrected chi connectivity index (χ3v) is 4.77. The van der Waals surface area contributed by atoms with E-state index in [2.05, 4.69) is 51.9 Å². The maximum absolute atomic E-state index is 5.46. The van der Waals surface area contributed by atoms with Crippen molar-refractivity contribution in [2.75, 3.05) is 7.05 Å². The van der Waals surface area contributed by atoms with E-state index in [-0.39, 0.29) is 0 Å². The van der Waals surface area contributed by atoms with E-state index in [1.54, 1.807) is 13.2 Å². The Hall–Kier alpha value is -3.09. The lowest BCUT2D eigenvalue weighted by molar-refractivity contribution is 0.368. The van der Waals surface area contributed by atoms with E-state index < -0.39 is 0 Å². The van der Waals surface area contributed by atoms with Crippen molar-refractivity contribution < 1.29 is 4.52 Å². The monoisotopic (exact) mass is 380 g/mol. The Labute approximate surface area is 165 Å². The summed E-state index contributed by atoms with van der Waals surface area (Å²) in [4.78, 5) is 4.28. The van der Waals surface area contributed by atoms with Gasteiger partial charge in [0.05, 0.1) is 17.9 Å². The number of nitrogens with zero attached hydrogens (tertiary/aromatic N) is 4. The Morgan fingerprint density at radius 2 is 1.96 bits per heavy atom. The topological polar surface area (TPSA) is 80.3 Å². The molecule has 0 aliphatic heterocycles. The van der Waals surface area contributed by atoms with Crippen LogP contribution in [-0.2, 0) is 13.1 Å². The fourth-order valence-corrected chi connectivity index (χ4v) is 3.12. The van der Waals surface area contributed by atoms with Gasteiger partial charge in [0, 0.05) is 38.0 Å². The zero-order valence-corrected chi connectivity index (χ0v) is 16.7. The largest absolute Gasteiger partial charge is 0.359 e. The lowest BCUT2D eigenvalue weighted by Gasteiger charge is -2.11. The second kappa shape index (κ2) is 9.73. The molecule has 2 N–H and O–H groups in total. The maximum Gasteiger partial charge on any atom is 0.191 e. The van der Waals surface area contributed by atoms with Crippen molar-refractivity contribution in [3.05, 3.63) is 65.8 Å². The molecule has 0 fully saturated rings. The molecule has 28 heavy (non-hydrogen) atoms. The van der Waals surface area contributed by atoms with E-state index in [0.717, 1.165) is 35.5 Å². The van der Waals surface area contributed by atoms with Gasteiger partial charge in [0.15, 0.2) is 11.7 Å². The molecule has 148 valence electrons. The molecule has 0 radical (unpaired) electrons. The number of aliphatic imine (C=N–C) groups is 1. The van der Waals surface area contributed by atoms with E-state index in [1.807, 2.05) is 35.1 Å². The molecular formula is C21H28N6O. The molecule has 3 aromatic rings. The van der Waals surface area contributed by atoms with Crippen LogP contribution in [0.5, 0.6) is 0 Å². The Morgan fingerprint density at radius 1 is 1.14 bits per heavy atom. The first-order valence-electron chi connectivity index (χ1n) is 9.72. The van der Waals surface area contributed by atoms with Gasteiger partial charge in [-0.15, -0.1) is 0 Å². The molecular weight excluding hydrogens is 352 g/mol. The van der Waals surface area contributed by atoms with Crippen LogP contribution in [0.25, 0.3) is 5.69 Å². The zero-order chi connectivity index (χ0) is 19.8. The predicted molar refractivity (Wildman–Crippen MR) is 110 cm³/mol. The van der Waals surface area contributed by atoms with Crippen molar-refractivity contribution in [2.24, 2.45) is 4.99 Å². The van der Waals surface area contributed by atoms with Gasteiger partial charge in [-0.25, -0.2) is 4.68 Å². The molecule has 0 spiro atoms. The molecule has 2 heterocycles. The van der Waals surface area contributed by atoms with Crippen LogP contribution in [0.2, 0.25) is 0 Å². The van der Waals surface area contributed by atoms with Gasteiger partial charge in [0.2, 0.25) is 0 Å². The van der Waals surface area contributed by atoms with Crippen molar-refractivity contribution >= 4 is 5.96 Å². The molecule has 7 nitrogen and oxygen atoms in total. The number of nitrogens with one attached hydrogen (secondary N) is 2. The summed E-state index contributed by atoms with van der Waals surface area (Å²) in [5.41, 5.74) is 3.20. The normalized spacial score (nSPS) is 11.8. The fourth-order valence-electron chi connectivity index (χ4n) is 3.12.